The van der Waals surface area contributed by atoms with Gasteiger partial charge in [0.15, 0.2) is 12.4 Å². The molecule has 2 aromatic carbocycles. The number of nitrogens with one attached hydrogen (secondary N) is 1. The van der Waals surface area contributed by atoms with Crippen molar-refractivity contribution < 1.29 is 30.3 Å². The quantitative estimate of drug-likeness (QED) is 0.681. The zero-order chi connectivity index (χ0) is 23.3. The molecule has 0 saturated carbocycles. The fourth-order valence-electron chi connectivity index (χ4n) is 3.50. The molecule has 31 heavy (non-hydrogen) atoms. The molecule has 8 nitrogen and oxygen atoms in total. The van der Waals surface area contributed by atoms with Crippen LogP contribution in [0.5, 0.6) is 11.5 Å². The lowest BCUT2D eigenvalue weighted by Crippen LogP contribution is -2.44. The minimum absolute atomic E-state index is 0.0379. The number of hydrogen-bond acceptors (Lipinski definition) is 7. The summed E-state index contributed by atoms with van der Waals surface area (Å²) in [5, 5.41) is 6.31. The van der Waals surface area contributed by atoms with Gasteiger partial charge >= 0.3 is 0 Å². The molecule has 3 aromatic rings. The first kappa shape index (κ1) is 17.0. The van der Waals surface area contributed by atoms with Crippen LogP contribution in [0.25, 0.3) is 0 Å². The van der Waals surface area contributed by atoms with Crippen molar-refractivity contribution in [2.45, 2.75) is 25.9 Å². The number of carbonyl (C=O) groups excluding carboxylic acids is 1. The van der Waals surface area contributed by atoms with Crippen LogP contribution in [-0.2, 0) is 17.7 Å². The van der Waals surface area contributed by atoms with Gasteiger partial charge in [0.25, 0.3) is 5.91 Å². The summed E-state index contributed by atoms with van der Waals surface area (Å²) in [7, 11) is 0. The number of amides is 1. The molecule has 0 aliphatic carbocycles. The maximum Gasteiger partial charge on any atom is 0.262 e. The van der Waals surface area contributed by atoms with Gasteiger partial charge in [-0.05, 0) is 25.1 Å². The van der Waals surface area contributed by atoms with Gasteiger partial charge in [0, 0.05) is 24.2 Å². The Morgan fingerprint density at radius 1 is 1.26 bits per heavy atom. The van der Waals surface area contributed by atoms with Gasteiger partial charge in [0.1, 0.15) is 29.7 Å². The molecule has 2 aliphatic heterocycles. The first-order valence-corrected chi connectivity index (χ1v) is 9.50. The molecule has 10 heteroatoms. The van der Waals surface area contributed by atoms with E-state index in [0.29, 0.717) is 5.82 Å². The Morgan fingerprint density at radius 3 is 2.94 bits per heavy atom. The summed E-state index contributed by atoms with van der Waals surface area (Å²) in [5.74, 6) is -0.968. The topological polar surface area (TPSA) is 89.7 Å². The molecule has 0 fully saturated rings. The van der Waals surface area contributed by atoms with E-state index in [4.69, 9.17) is 16.7 Å². The van der Waals surface area contributed by atoms with Crippen LogP contribution in [0, 0.1) is 18.6 Å². The number of halogens is 2. The predicted octanol–water partition coefficient (Wildman–Crippen LogP) is 3.00. The lowest BCUT2D eigenvalue weighted by Gasteiger charge is -2.38. The number of aryl methyl sites for hydroxylation is 1. The molecule has 2 aliphatic rings. The van der Waals surface area contributed by atoms with Gasteiger partial charge in [-0.1, -0.05) is 5.16 Å². The number of anilines is 2. The van der Waals surface area contributed by atoms with Gasteiger partial charge in [-0.15, -0.1) is 0 Å². The highest BCUT2D eigenvalue weighted by Crippen LogP contribution is 2.38. The number of carbonyl (C=O) groups is 1. The average molecular weight is 430 g/mol. The number of nitrogens with zero attached hydrogens (tertiary/aromatic N) is 3. The van der Waals surface area contributed by atoms with E-state index < -0.39 is 30.1 Å². The Kier molecular flexibility index (Phi) is 4.14. The highest BCUT2D eigenvalue weighted by atomic mass is 19.1. The van der Waals surface area contributed by atoms with Gasteiger partial charge in [-0.3, -0.25) is 4.79 Å². The van der Waals surface area contributed by atoms with E-state index in [9.17, 15) is 9.18 Å². The molecular weight excluding hydrogens is 410 g/mol. The number of benzene rings is 2. The summed E-state index contributed by atoms with van der Waals surface area (Å²) >= 11 is 0. The van der Waals surface area contributed by atoms with Crippen molar-refractivity contribution in [2.75, 3.05) is 23.4 Å². The van der Waals surface area contributed by atoms with E-state index in [-0.39, 0.29) is 54.0 Å². The Hall–Kier alpha value is -3.69. The first-order valence-electron chi connectivity index (χ1n) is 10.5. The summed E-state index contributed by atoms with van der Waals surface area (Å²) < 4.78 is 62.9. The Bertz CT molecular complexity index is 1250. The number of fused-ring (bicyclic) bond motifs is 2. The monoisotopic (exact) mass is 430 g/mol. The van der Waals surface area contributed by atoms with Gasteiger partial charge in [0.2, 0.25) is 5.89 Å². The van der Waals surface area contributed by atoms with Crippen molar-refractivity contribution in [3.05, 3.63) is 59.2 Å². The fourth-order valence-corrected chi connectivity index (χ4v) is 3.50. The average Bonchev–Trinajstić information content (AvgIpc) is 3.17. The maximum atomic E-state index is 15.1. The Labute approximate surface area is 178 Å². The van der Waals surface area contributed by atoms with Crippen molar-refractivity contribution in [2.24, 2.45) is 0 Å². The summed E-state index contributed by atoms with van der Waals surface area (Å²) in [6, 6.07) is 5.22. The number of rotatable bonds is 4. The molecule has 1 aromatic heterocycles. The normalized spacial score (nSPS) is 18.7. The van der Waals surface area contributed by atoms with E-state index in [1.807, 2.05) is 0 Å². The highest BCUT2D eigenvalue weighted by Gasteiger charge is 2.31. The van der Waals surface area contributed by atoms with Crippen LogP contribution in [0.1, 0.15) is 20.0 Å². The van der Waals surface area contributed by atoms with Crippen LogP contribution in [0.3, 0.4) is 0 Å². The van der Waals surface area contributed by atoms with Gasteiger partial charge < -0.3 is 24.2 Å². The molecular formula is C21H18F2N4O4. The van der Waals surface area contributed by atoms with Crippen LogP contribution in [0.2, 0.25) is 0 Å². The van der Waals surface area contributed by atoms with E-state index in [1.165, 1.54) is 23.1 Å². The van der Waals surface area contributed by atoms with Crippen LogP contribution in [-0.4, -0.2) is 35.3 Å². The van der Waals surface area contributed by atoms with Crippen LogP contribution >= 0.6 is 0 Å². The lowest BCUT2D eigenvalue weighted by molar-refractivity contribution is -0.118. The molecule has 5 rings (SSSR count). The molecule has 0 spiro atoms. The van der Waals surface area contributed by atoms with Gasteiger partial charge in [-0.25, -0.2) is 8.78 Å². The smallest absolute Gasteiger partial charge is 0.262 e. The zero-order valence-electron chi connectivity index (χ0n) is 18.3. The molecule has 0 radical (unpaired) electrons. The molecule has 1 N–H and O–H groups in total. The Balaban J connectivity index is 1.61. The van der Waals surface area contributed by atoms with Crippen molar-refractivity contribution in [3.63, 3.8) is 0 Å². The summed E-state index contributed by atoms with van der Waals surface area (Å²) in [4.78, 5) is 17.2. The van der Waals surface area contributed by atoms with Crippen molar-refractivity contribution >= 4 is 17.3 Å². The minimum atomic E-state index is -2.45. The van der Waals surface area contributed by atoms with Gasteiger partial charge in [0.05, 0.1) is 26.6 Å². The van der Waals surface area contributed by atoms with Crippen molar-refractivity contribution in [1.29, 1.82) is 0 Å². The van der Waals surface area contributed by atoms with E-state index >= 15 is 4.39 Å². The third kappa shape index (κ3) is 3.76. The van der Waals surface area contributed by atoms with E-state index in [2.05, 4.69) is 15.5 Å². The minimum Gasteiger partial charge on any atom is -0.489 e. The Morgan fingerprint density at radius 2 is 2.13 bits per heavy atom. The standard InChI is InChI=1S/C21H18F2N4O4/c1-11-24-21(31-26-11)6-14-9-29-19-5-13(22)2-3-17(19)27(14)8-12-4-16-18(7-15(12)23)30-10-20(28)25-16/h2-5,7,14H,6,8-10H2,1H3,(H,25,28)/t14-/m0/s1/i8D2. The van der Waals surface area contributed by atoms with Crippen LogP contribution in [0.4, 0.5) is 20.2 Å². The van der Waals surface area contributed by atoms with E-state index in [0.717, 1.165) is 12.1 Å². The predicted molar refractivity (Wildman–Crippen MR) is 105 cm³/mol. The largest absolute Gasteiger partial charge is 0.489 e. The van der Waals surface area contributed by atoms with Crippen molar-refractivity contribution in [3.8, 4) is 11.5 Å². The fraction of sp³-hybridized carbons (Fsp3) is 0.286. The molecule has 0 bridgehead atoms. The summed E-state index contributed by atoms with van der Waals surface area (Å²) in [5.41, 5.74) is 0.0467. The summed E-state index contributed by atoms with van der Waals surface area (Å²) in [6.07, 6.45) is 0.101. The highest BCUT2D eigenvalue weighted by molar-refractivity contribution is 5.95. The molecule has 0 saturated heterocycles. The maximum absolute atomic E-state index is 15.1. The molecule has 0 unspecified atom stereocenters. The molecule has 1 atom stereocenters. The number of ether oxygens (including phenoxy) is 2. The second kappa shape index (κ2) is 7.53. The van der Waals surface area contributed by atoms with Gasteiger partial charge in [-0.2, -0.15) is 4.98 Å². The first-order chi connectivity index (χ1) is 15.7. The SMILES string of the molecule is [2H]C([2H])(c1cc2c(cc1F)OCC(=O)N2)N1c2ccc(F)cc2OC[C@@H]1Cc1nc(C)no1. The molecule has 1 amide bonds. The number of aromatic nitrogens is 2. The summed E-state index contributed by atoms with van der Waals surface area (Å²) in [6.45, 7) is -1.09. The number of hydrogen-bond donors (Lipinski definition) is 1. The second-order valence-corrected chi connectivity index (χ2v) is 7.16. The van der Waals surface area contributed by atoms with Crippen LogP contribution in [0.15, 0.2) is 34.9 Å². The third-order valence-electron chi connectivity index (χ3n) is 4.90. The molecule has 3 heterocycles. The zero-order valence-corrected chi connectivity index (χ0v) is 16.3. The van der Waals surface area contributed by atoms with Crippen molar-refractivity contribution in [1.82, 2.24) is 10.1 Å². The van der Waals surface area contributed by atoms with E-state index in [1.54, 1.807) is 6.92 Å². The lowest BCUT2D eigenvalue weighted by atomic mass is 10.1. The third-order valence-corrected chi connectivity index (χ3v) is 4.90. The van der Waals surface area contributed by atoms with Crippen LogP contribution < -0.4 is 19.7 Å². The second-order valence-electron chi connectivity index (χ2n) is 7.16. The molecule has 160 valence electrons.